The van der Waals surface area contributed by atoms with E-state index < -0.39 is 11.6 Å². The molecule has 1 rings (SSSR count). The van der Waals surface area contributed by atoms with E-state index in [1.807, 2.05) is 6.92 Å². The lowest BCUT2D eigenvalue weighted by molar-refractivity contribution is 0.0837. The summed E-state index contributed by atoms with van der Waals surface area (Å²) in [6, 6.07) is 3.00. The van der Waals surface area contributed by atoms with Crippen molar-refractivity contribution < 1.29 is 13.6 Å². The molecule has 0 radical (unpaired) electrons. The summed E-state index contributed by atoms with van der Waals surface area (Å²) < 4.78 is 26.0. The molecule has 0 bridgehead atoms. The van der Waals surface area contributed by atoms with E-state index >= 15 is 0 Å². The minimum Gasteiger partial charge on any atom is -0.294 e. The molecule has 0 aliphatic heterocycles. The largest absolute Gasteiger partial charge is 0.294 e. The molecule has 1 atom stereocenters. The maximum Gasteiger partial charge on any atom is 0.179 e. The summed E-state index contributed by atoms with van der Waals surface area (Å²) in [6.07, 6.45) is 1.91. The molecule has 0 amide bonds. The molecule has 0 fully saturated rings. The monoisotopic (exact) mass is 269 g/mol. The van der Waals surface area contributed by atoms with Crippen molar-refractivity contribution in [3.8, 4) is 0 Å². The van der Waals surface area contributed by atoms with Gasteiger partial charge in [0.1, 0.15) is 0 Å². The fourth-order valence-electron chi connectivity index (χ4n) is 2.13. The molecule has 0 aliphatic rings. The zero-order chi connectivity index (χ0) is 14.4. The second kappa shape index (κ2) is 7.34. The van der Waals surface area contributed by atoms with Crippen molar-refractivity contribution in [3.05, 3.63) is 35.4 Å². The molecule has 106 valence electrons. The van der Waals surface area contributed by atoms with Crippen LogP contribution in [0, 0.1) is 11.6 Å². The fraction of sp³-hybridized carbons (Fsp3) is 0.533. The maximum atomic E-state index is 13.2. The third-order valence-corrected chi connectivity index (χ3v) is 3.15. The first kappa shape index (κ1) is 15.8. The molecule has 1 aromatic rings. The van der Waals surface area contributed by atoms with Crippen molar-refractivity contribution in [1.82, 2.24) is 4.90 Å². The van der Waals surface area contributed by atoms with Gasteiger partial charge < -0.3 is 0 Å². The third-order valence-electron chi connectivity index (χ3n) is 3.15. The van der Waals surface area contributed by atoms with Gasteiger partial charge in [-0.15, -0.1) is 0 Å². The summed E-state index contributed by atoms with van der Waals surface area (Å²) >= 11 is 0. The lowest BCUT2D eigenvalue weighted by atomic mass is 10.0. The highest BCUT2D eigenvalue weighted by molar-refractivity contribution is 5.99. The number of carbonyl (C=O) groups excluding carboxylic acids is 1. The average Bonchev–Trinajstić information content (AvgIpc) is 2.40. The summed E-state index contributed by atoms with van der Waals surface area (Å²) in [4.78, 5) is 14.3. The Bertz CT molecular complexity index is 428. The number of hydrogen-bond donors (Lipinski definition) is 0. The third kappa shape index (κ3) is 4.10. The number of carbonyl (C=O) groups is 1. The number of benzene rings is 1. The van der Waals surface area contributed by atoms with E-state index in [4.69, 9.17) is 0 Å². The molecule has 0 saturated carbocycles. The van der Waals surface area contributed by atoms with Gasteiger partial charge in [0.05, 0.1) is 6.04 Å². The predicted octanol–water partition coefficient (Wildman–Crippen LogP) is 3.66. The van der Waals surface area contributed by atoms with Crippen LogP contribution in [0.3, 0.4) is 0 Å². The van der Waals surface area contributed by atoms with Crippen LogP contribution in [0.1, 0.15) is 44.0 Å². The van der Waals surface area contributed by atoms with Crippen LogP contribution < -0.4 is 0 Å². The van der Waals surface area contributed by atoms with E-state index in [0.717, 1.165) is 38.1 Å². The molecule has 1 aromatic carbocycles. The molecule has 4 heteroatoms. The lowest BCUT2D eigenvalue weighted by Crippen LogP contribution is -2.40. The molecule has 0 saturated heterocycles. The summed E-state index contributed by atoms with van der Waals surface area (Å²) in [5.74, 6) is -2.07. The smallest absolute Gasteiger partial charge is 0.179 e. The normalized spacial score (nSPS) is 12.7. The van der Waals surface area contributed by atoms with Gasteiger partial charge in [0.15, 0.2) is 17.4 Å². The predicted molar refractivity (Wildman–Crippen MR) is 72.3 cm³/mol. The van der Waals surface area contributed by atoms with Crippen LogP contribution in [0.2, 0.25) is 0 Å². The first-order valence-corrected chi connectivity index (χ1v) is 6.74. The summed E-state index contributed by atoms with van der Waals surface area (Å²) in [6.45, 7) is 7.57. The number of Topliss-reactive ketones (excluding diaryl/α,β-unsaturated/α-hetero) is 1. The Labute approximate surface area is 113 Å². The van der Waals surface area contributed by atoms with Crippen molar-refractivity contribution in [2.45, 2.75) is 39.7 Å². The van der Waals surface area contributed by atoms with Crippen LogP contribution >= 0.6 is 0 Å². The van der Waals surface area contributed by atoms with Crippen molar-refractivity contribution in [1.29, 1.82) is 0 Å². The quantitative estimate of drug-likeness (QED) is 0.704. The van der Waals surface area contributed by atoms with E-state index in [0.29, 0.717) is 0 Å². The van der Waals surface area contributed by atoms with Gasteiger partial charge in [-0.1, -0.05) is 13.8 Å². The number of ketones is 1. The van der Waals surface area contributed by atoms with Crippen LogP contribution in [0.25, 0.3) is 0 Å². The Morgan fingerprint density at radius 1 is 1.16 bits per heavy atom. The van der Waals surface area contributed by atoms with E-state index in [1.165, 1.54) is 6.07 Å². The highest BCUT2D eigenvalue weighted by Gasteiger charge is 2.22. The molecule has 0 spiro atoms. The van der Waals surface area contributed by atoms with Gasteiger partial charge in [-0.2, -0.15) is 0 Å². The molecule has 0 aliphatic carbocycles. The van der Waals surface area contributed by atoms with Crippen molar-refractivity contribution in [3.63, 3.8) is 0 Å². The number of rotatable bonds is 7. The van der Waals surface area contributed by atoms with E-state index in [1.54, 1.807) is 0 Å². The Morgan fingerprint density at radius 3 is 2.21 bits per heavy atom. The van der Waals surface area contributed by atoms with Gasteiger partial charge >= 0.3 is 0 Å². The summed E-state index contributed by atoms with van der Waals surface area (Å²) in [5, 5.41) is 0. The second-order valence-corrected chi connectivity index (χ2v) is 4.71. The molecular formula is C15H21F2NO. The van der Waals surface area contributed by atoms with Crippen molar-refractivity contribution in [2.75, 3.05) is 13.1 Å². The standard InChI is InChI=1S/C15H21F2NO/c1-4-8-18(9-5-2)11(3)15(19)12-6-7-13(16)14(17)10-12/h6-7,10-11H,4-5,8-9H2,1-3H3. The second-order valence-electron chi connectivity index (χ2n) is 4.71. The van der Waals surface area contributed by atoms with Gasteiger partial charge in [0, 0.05) is 5.56 Å². The van der Waals surface area contributed by atoms with Crippen LogP contribution in [0.15, 0.2) is 18.2 Å². The van der Waals surface area contributed by atoms with Crippen molar-refractivity contribution >= 4 is 5.78 Å². The first-order chi connectivity index (χ1) is 9.01. The molecule has 0 heterocycles. The average molecular weight is 269 g/mol. The highest BCUT2D eigenvalue weighted by Crippen LogP contribution is 2.14. The Hall–Kier alpha value is -1.29. The Kier molecular flexibility index (Phi) is 6.09. The van der Waals surface area contributed by atoms with Gasteiger partial charge in [0.2, 0.25) is 0 Å². The maximum absolute atomic E-state index is 13.2. The van der Waals surface area contributed by atoms with E-state index in [9.17, 15) is 13.6 Å². The molecular weight excluding hydrogens is 248 g/mol. The Balaban J connectivity index is 2.87. The van der Waals surface area contributed by atoms with Gasteiger partial charge in [-0.25, -0.2) is 8.78 Å². The SMILES string of the molecule is CCCN(CCC)C(C)C(=O)c1ccc(F)c(F)c1. The Morgan fingerprint density at radius 2 is 1.74 bits per heavy atom. The zero-order valence-corrected chi connectivity index (χ0v) is 11.7. The zero-order valence-electron chi connectivity index (χ0n) is 11.7. The summed E-state index contributed by atoms with van der Waals surface area (Å²) in [7, 11) is 0. The molecule has 2 nitrogen and oxygen atoms in total. The molecule has 1 unspecified atom stereocenters. The van der Waals surface area contributed by atoms with Gasteiger partial charge in [0.25, 0.3) is 0 Å². The number of hydrogen-bond acceptors (Lipinski definition) is 2. The molecule has 19 heavy (non-hydrogen) atoms. The minimum atomic E-state index is -0.976. The van der Waals surface area contributed by atoms with Crippen LogP contribution in [-0.2, 0) is 0 Å². The summed E-state index contributed by atoms with van der Waals surface area (Å²) in [5.41, 5.74) is 0.226. The topological polar surface area (TPSA) is 20.3 Å². The minimum absolute atomic E-state index is 0.166. The number of halogens is 2. The van der Waals surface area contributed by atoms with Gasteiger partial charge in [-0.05, 0) is 51.1 Å². The first-order valence-electron chi connectivity index (χ1n) is 6.74. The molecule has 0 aromatic heterocycles. The van der Waals surface area contributed by atoms with E-state index in [2.05, 4.69) is 18.7 Å². The van der Waals surface area contributed by atoms with Gasteiger partial charge in [-0.3, -0.25) is 9.69 Å². The lowest BCUT2D eigenvalue weighted by Gasteiger charge is -2.27. The van der Waals surface area contributed by atoms with Crippen LogP contribution in [0.4, 0.5) is 8.78 Å². The highest BCUT2D eigenvalue weighted by atomic mass is 19.2. The van der Waals surface area contributed by atoms with Crippen LogP contribution in [0.5, 0.6) is 0 Å². The van der Waals surface area contributed by atoms with E-state index in [-0.39, 0.29) is 17.4 Å². The van der Waals surface area contributed by atoms with Crippen molar-refractivity contribution in [2.24, 2.45) is 0 Å². The fourth-order valence-corrected chi connectivity index (χ4v) is 2.13. The van der Waals surface area contributed by atoms with Crippen LogP contribution in [-0.4, -0.2) is 29.8 Å². The number of nitrogens with zero attached hydrogens (tertiary/aromatic N) is 1. The molecule has 0 N–H and O–H groups in total.